The summed E-state index contributed by atoms with van der Waals surface area (Å²) in [7, 11) is 0. The van der Waals surface area contributed by atoms with E-state index < -0.39 is 0 Å². The summed E-state index contributed by atoms with van der Waals surface area (Å²) >= 11 is 0. The van der Waals surface area contributed by atoms with E-state index in [4.69, 9.17) is 0 Å². The number of benzene rings is 2. The van der Waals surface area contributed by atoms with E-state index in [-0.39, 0.29) is 35.7 Å². The smallest absolute Gasteiger partial charge is 0.251 e. The molecule has 1 aliphatic heterocycles. The van der Waals surface area contributed by atoms with Gasteiger partial charge in [0.2, 0.25) is 0 Å². The van der Waals surface area contributed by atoms with Crippen LogP contribution in [0.3, 0.4) is 0 Å². The number of carbonyl (C=O) groups excluding carboxylic acids is 1. The molecule has 0 radical (unpaired) electrons. The van der Waals surface area contributed by atoms with E-state index in [0.717, 1.165) is 5.56 Å². The molecule has 4 nitrogen and oxygen atoms in total. The molecule has 0 aliphatic carbocycles. The molecular formula is C17H17F2N3O. The van der Waals surface area contributed by atoms with Crippen LogP contribution in [0.2, 0.25) is 0 Å². The lowest BCUT2D eigenvalue weighted by Gasteiger charge is -2.23. The number of amides is 1. The van der Waals surface area contributed by atoms with Gasteiger partial charge in [-0.3, -0.25) is 10.2 Å². The van der Waals surface area contributed by atoms with Crippen LogP contribution in [-0.4, -0.2) is 18.0 Å². The molecule has 1 amide bonds. The third-order valence-corrected chi connectivity index (χ3v) is 4.00. The van der Waals surface area contributed by atoms with Crippen LogP contribution in [0.25, 0.3) is 0 Å². The number of hydrogen-bond donors (Lipinski definition) is 3. The van der Waals surface area contributed by atoms with Gasteiger partial charge >= 0.3 is 0 Å². The number of hydrazine groups is 1. The van der Waals surface area contributed by atoms with Crippen molar-refractivity contribution in [2.45, 2.75) is 25.0 Å². The van der Waals surface area contributed by atoms with Gasteiger partial charge in [0.15, 0.2) is 0 Å². The highest BCUT2D eigenvalue weighted by Gasteiger charge is 2.35. The molecule has 1 fully saturated rings. The number of rotatable bonds is 3. The Labute approximate surface area is 132 Å². The monoisotopic (exact) mass is 317 g/mol. The van der Waals surface area contributed by atoms with Crippen LogP contribution >= 0.6 is 0 Å². The molecule has 23 heavy (non-hydrogen) atoms. The van der Waals surface area contributed by atoms with E-state index in [2.05, 4.69) is 16.2 Å². The van der Waals surface area contributed by atoms with Gasteiger partial charge in [-0.25, -0.2) is 14.2 Å². The fraction of sp³-hybridized carbons (Fsp3) is 0.235. The van der Waals surface area contributed by atoms with Gasteiger partial charge in [0.1, 0.15) is 11.6 Å². The lowest BCUT2D eigenvalue weighted by atomic mass is 9.96. The zero-order valence-electron chi connectivity index (χ0n) is 12.5. The molecule has 3 atom stereocenters. The van der Waals surface area contributed by atoms with Crippen molar-refractivity contribution in [1.82, 2.24) is 16.2 Å². The maximum atomic E-state index is 13.1. The summed E-state index contributed by atoms with van der Waals surface area (Å²) in [6, 6.07) is 11.1. The molecule has 0 spiro atoms. The second-order valence-corrected chi connectivity index (χ2v) is 5.61. The second kappa shape index (κ2) is 6.44. The summed E-state index contributed by atoms with van der Waals surface area (Å²) < 4.78 is 26.0. The molecule has 6 heteroatoms. The quantitative estimate of drug-likeness (QED) is 0.814. The van der Waals surface area contributed by atoms with Gasteiger partial charge in [-0.2, -0.15) is 0 Å². The van der Waals surface area contributed by atoms with Crippen LogP contribution in [0.5, 0.6) is 0 Å². The molecule has 1 aliphatic rings. The fourth-order valence-corrected chi connectivity index (χ4v) is 2.69. The Morgan fingerprint density at radius 1 is 0.957 bits per heavy atom. The number of hydrogen-bond acceptors (Lipinski definition) is 3. The first kappa shape index (κ1) is 15.6. The molecular weight excluding hydrogens is 300 g/mol. The summed E-state index contributed by atoms with van der Waals surface area (Å²) in [4.78, 5) is 12.3. The van der Waals surface area contributed by atoms with Gasteiger partial charge in [-0.15, -0.1) is 0 Å². The van der Waals surface area contributed by atoms with Gasteiger partial charge < -0.3 is 5.32 Å². The van der Waals surface area contributed by atoms with Gasteiger partial charge in [-0.05, 0) is 48.9 Å². The van der Waals surface area contributed by atoms with Gasteiger partial charge in [-0.1, -0.05) is 12.1 Å². The SMILES string of the molecule is CC1NNC(c2ccc(F)cc2)C1NC(=O)c1ccc(F)cc1. The van der Waals surface area contributed by atoms with Crippen molar-refractivity contribution >= 4 is 5.91 Å². The lowest BCUT2D eigenvalue weighted by molar-refractivity contribution is 0.0930. The van der Waals surface area contributed by atoms with Crippen LogP contribution in [0.4, 0.5) is 8.78 Å². The summed E-state index contributed by atoms with van der Waals surface area (Å²) in [5, 5.41) is 2.95. The molecule has 120 valence electrons. The minimum absolute atomic E-state index is 0.0190. The Hall–Kier alpha value is -2.31. The third-order valence-electron chi connectivity index (χ3n) is 4.00. The molecule has 2 aromatic rings. The molecule has 0 aromatic heterocycles. The highest BCUT2D eigenvalue weighted by atomic mass is 19.1. The summed E-state index contributed by atoms with van der Waals surface area (Å²) in [5.41, 5.74) is 7.45. The van der Waals surface area contributed by atoms with Crippen molar-refractivity contribution in [2.24, 2.45) is 0 Å². The molecule has 2 aromatic carbocycles. The molecule has 3 N–H and O–H groups in total. The van der Waals surface area contributed by atoms with Crippen LogP contribution in [0.15, 0.2) is 48.5 Å². The van der Waals surface area contributed by atoms with E-state index in [1.165, 1.54) is 36.4 Å². The van der Waals surface area contributed by atoms with Crippen molar-refractivity contribution in [3.8, 4) is 0 Å². The molecule has 0 saturated carbocycles. The molecule has 1 saturated heterocycles. The van der Waals surface area contributed by atoms with Gasteiger partial charge in [0.25, 0.3) is 5.91 Å². The van der Waals surface area contributed by atoms with E-state index in [1.807, 2.05) is 6.92 Å². The van der Waals surface area contributed by atoms with E-state index in [1.54, 1.807) is 12.1 Å². The van der Waals surface area contributed by atoms with Crippen molar-refractivity contribution in [3.05, 3.63) is 71.3 Å². The Morgan fingerprint density at radius 3 is 2.13 bits per heavy atom. The summed E-state index contributed by atoms with van der Waals surface area (Å²) in [5.74, 6) is -0.970. The fourth-order valence-electron chi connectivity index (χ4n) is 2.69. The standard InChI is InChI=1S/C17H17F2N3O/c1-10-15(20-17(23)12-4-8-14(19)9-5-12)16(22-21-10)11-2-6-13(18)7-3-11/h2-10,15-16,21-22H,1H3,(H,20,23). The average molecular weight is 317 g/mol. The van der Waals surface area contributed by atoms with Crippen molar-refractivity contribution in [2.75, 3.05) is 0 Å². The van der Waals surface area contributed by atoms with E-state index in [9.17, 15) is 13.6 Å². The Balaban J connectivity index is 1.77. The predicted octanol–water partition coefficient (Wildman–Crippen LogP) is 2.30. The Kier molecular flexibility index (Phi) is 4.36. The zero-order valence-corrected chi connectivity index (χ0v) is 12.5. The largest absolute Gasteiger partial charge is 0.346 e. The number of halogens is 2. The molecule has 3 rings (SSSR count). The zero-order chi connectivity index (χ0) is 16.4. The molecule has 1 heterocycles. The van der Waals surface area contributed by atoms with E-state index in [0.29, 0.717) is 5.56 Å². The lowest BCUT2D eigenvalue weighted by Crippen LogP contribution is -2.44. The second-order valence-electron chi connectivity index (χ2n) is 5.61. The van der Waals surface area contributed by atoms with Crippen LogP contribution in [0.1, 0.15) is 28.9 Å². The highest BCUT2D eigenvalue weighted by molar-refractivity contribution is 5.94. The number of nitrogens with one attached hydrogen (secondary N) is 3. The van der Waals surface area contributed by atoms with Gasteiger partial charge in [0, 0.05) is 11.6 Å². The normalized spacial score (nSPS) is 23.7. The summed E-state index contributed by atoms with van der Waals surface area (Å²) in [6.45, 7) is 1.94. The van der Waals surface area contributed by atoms with Crippen molar-refractivity contribution in [3.63, 3.8) is 0 Å². The maximum Gasteiger partial charge on any atom is 0.251 e. The Morgan fingerprint density at radius 2 is 1.52 bits per heavy atom. The van der Waals surface area contributed by atoms with Crippen molar-refractivity contribution < 1.29 is 13.6 Å². The average Bonchev–Trinajstić information content (AvgIpc) is 2.90. The summed E-state index contributed by atoms with van der Waals surface area (Å²) in [6.07, 6.45) is 0. The minimum atomic E-state index is -0.386. The van der Waals surface area contributed by atoms with Crippen LogP contribution in [0, 0.1) is 11.6 Å². The topological polar surface area (TPSA) is 53.2 Å². The van der Waals surface area contributed by atoms with Crippen molar-refractivity contribution in [1.29, 1.82) is 0 Å². The predicted molar refractivity (Wildman–Crippen MR) is 82.5 cm³/mol. The van der Waals surface area contributed by atoms with E-state index >= 15 is 0 Å². The van der Waals surface area contributed by atoms with Gasteiger partial charge in [0.05, 0.1) is 12.1 Å². The minimum Gasteiger partial charge on any atom is -0.346 e. The van der Waals surface area contributed by atoms with Crippen LogP contribution < -0.4 is 16.2 Å². The first-order chi connectivity index (χ1) is 11.0. The number of carbonyl (C=O) groups is 1. The first-order valence-corrected chi connectivity index (χ1v) is 7.37. The third kappa shape index (κ3) is 3.38. The molecule has 3 unspecified atom stereocenters. The van der Waals surface area contributed by atoms with Crippen LogP contribution in [-0.2, 0) is 0 Å². The first-order valence-electron chi connectivity index (χ1n) is 7.37. The highest BCUT2D eigenvalue weighted by Crippen LogP contribution is 2.23. The Bertz CT molecular complexity index is 688. The molecule has 0 bridgehead atoms. The maximum absolute atomic E-state index is 13.1.